The molecule has 2 N–H and O–H groups in total. The summed E-state index contributed by atoms with van der Waals surface area (Å²) in [6.07, 6.45) is 0.300. The molecule has 1 heterocycles. The zero-order chi connectivity index (χ0) is 24.7. The zero-order valence-electron chi connectivity index (χ0n) is 20.2. The Hall–Kier alpha value is -3.33. The van der Waals surface area contributed by atoms with Crippen LogP contribution in [0.5, 0.6) is 5.75 Å². The van der Waals surface area contributed by atoms with Crippen LogP contribution in [0.15, 0.2) is 47.6 Å². The van der Waals surface area contributed by atoms with Crippen LogP contribution in [-0.2, 0) is 29.6 Å². The van der Waals surface area contributed by atoms with Crippen LogP contribution in [0.2, 0.25) is 0 Å². The third-order valence-electron chi connectivity index (χ3n) is 5.35. The van der Waals surface area contributed by atoms with E-state index in [0.717, 1.165) is 23.2 Å². The van der Waals surface area contributed by atoms with E-state index in [0.29, 0.717) is 16.7 Å². The lowest BCUT2D eigenvalue weighted by Gasteiger charge is -2.15. The minimum Gasteiger partial charge on any atom is -0.481 e. The Labute approximate surface area is 204 Å². The molecular weight excluding hydrogens is 450 g/mol. The molecule has 2 aromatic carbocycles. The highest BCUT2D eigenvalue weighted by molar-refractivity contribution is 7.99. The number of hydrogen-bond acceptors (Lipinski definition) is 6. The van der Waals surface area contributed by atoms with Gasteiger partial charge in [0.15, 0.2) is 17.1 Å². The summed E-state index contributed by atoms with van der Waals surface area (Å²) < 4.78 is 7.49. The average molecular weight is 482 g/mol. The van der Waals surface area contributed by atoms with Gasteiger partial charge in [0.05, 0.1) is 12.3 Å². The molecule has 1 atom stereocenters. The van der Waals surface area contributed by atoms with Crippen LogP contribution in [0, 0.1) is 13.8 Å². The van der Waals surface area contributed by atoms with Gasteiger partial charge < -0.3 is 19.9 Å². The van der Waals surface area contributed by atoms with Crippen molar-refractivity contribution in [3.8, 4) is 5.75 Å². The second-order valence-electron chi connectivity index (χ2n) is 8.09. The van der Waals surface area contributed by atoms with Gasteiger partial charge in [-0.1, -0.05) is 48.5 Å². The lowest BCUT2D eigenvalue weighted by Crippen LogP contribution is -2.36. The van der Waals surface area contributed by atoms with Crippen LogP contribution in [0.3, 0.4) is 0 Å². The number of hydrogen-bond donors (Lipinski definition) is 2. The second kappa shape index (κ2) is 11.7. The number of rotatable bonds is 10. The molecule has 0 aliphatic carbocycles. The van der Waals surface area contributed by atoms with E-state index in [1.54, 1.807) is 18.5 Å². The first-order chi connectivity index (χ1) is 16.3. The Balaban J connectivity index is 1.47. The first-order valence-corrected chi connectivity index (χ1v) is 12.2. The number of aryl methyl sites for hydroxylation is 3. The van der Waals surface area contributed by atoms with E-state index >= 15 is 0 Å². The summed E-state index contributed by atoms with van der Waals surface area (Å²) in [4.78, 5) is 24.8. The molecule has 34 heavy (non-hydrogen) atoms. The monoisotopic (exact) mass is 481 g/mol. The van der Waals surface area contributed by atoms with Gasteiger partial charge in [-0.05, 0) is 56.5 Å². The van der Waals surface area contributed by atoms with E-state index in [2.05, 4.69) is 27.8 Å². The predicted octanol–water partition coefficient (Wildman–Crippen LogP) is 3.81. The van der Waals surface area contributed by atoms with Crippen LogP contribution >= 0.6 is 11.8 Å². The maximum absolute atomic E-state index is 12.4. The molecule has 9 heteroatoms. The van der Waals surface area contributed by atoms with Crippen molar-refractivity contribution in [2.45, 2.75) is 51.9 Å². The van der Waals surface area contributed by atoms with Gasteiger partial charge in [0.2, 0.25) is 5.91 Å². The first kappa shape index (κ1) is 25.3. The van der Waals surface area contributed by atoms with Crippen molar-refractivity contribution in [2.24, 2.45) is 7.05 Å². The standard InChI is InChI=1S/C25H31N5O3S/c1-6-19-8-10-20(11-9-19)33-18(4)24(32)26-14-22-28-29-25(30(22)5)34-15-23(31)27-21-12-7-16(2)13-17(21)3/h7-13,18H,6,14-15H2,1-5H3,(H,26,32)(H,27,31)/t18-/m1/s1. The highest BCUT2D eigenvalue weighted by Gasteiger charge is 2.17. The van der Waals surface area contributed by atoms with Gasteiger partial charge in [-0.15, -0.1) is 10.2 Å². The third kappa shape index (κ3) is 6.84. The predicted molar refractivity (Wildman–Crippen MR) is 134 cm³/mol. The summed E-state index contributed by atoms with van der Waals surface area (Å²) in [5.41, 5.74) is 4.18. The maximum atomic E-state index is 12.4. The second-order valence-corrected chi connectivity index (χ2v) is 9.03. The van der Waals surface area contributed by atoms with E-state index < -0.39 is 6.10 Å². The van der Waals surface area contributed by atoms with Crippen LogP contribution in [0.1, 0.15) is 36.4 Å². The van der Waals surface area contributed by atoms with Gasteiger partial charge in [0.25, 0.3) is 5.91 Å². The number of carbonyl (C=O) groups is 2. The molecule has 0 aliphatic rings. The number of anilines is 1. The van der Waals surface area contributed by atoms with Gasteiger partial charge in [-0.3, -0.25) is 9.59 Å². The largest absolute Gasteiger partial charge is 0.481 e. The number of carbonyl (C=O) groups excluding carboxylic acids is 2. The van der Waals surface area contributed by atoms with Crippen molar-refractivity contribution in [3.05, 3.63) is 65.0 Å². The zero-order valence-corrected chi connectivity index (χ0v) is 21.0. The Morgan fingerprint density at radius 1 is 1.12 bits per heavy atom. The lowest BCUT2D eigenvalue weighted by molar-refractivity contribution is -0.127. The molecule has 0 saturated carbocycles. The van der Waals surface area contributed by atoms with Crippen molar-refractivity contribution in [3.63, 3.8) is 0 Å². The number of aromatic nitrogens is 3. The molecule has 0 aliphatic heterocycles. The SMILES string of the molecule is CCc1ccc(O[C@H](C)C(=O)NCc2nnc(SCC(=O)Nc3ccc(C)cc3C)n2C)cc1. The van der Waals surface area contributed by atoms with Gasteiger partial charge >= 0.3 is 0 Å². The quantitative estimate of drug-likeness (QED) is 0.428. The smallest absolute Gasteiger partial charge is 0.261 e. The van der Waals surface area contributed by atoms with Crippen LogP contribution in [-0.4, -0.2) is 38.4 Å². The van der Waals surface area contributed by atoms with Crippen molar-refractivity contribution < 1.29 is 14.3 Å². The van der Waals surface area contributed by atoms with Crippen LogP contribution in [0.25, 0.3) is 0 Å². The number of benzene rings is 2. The number of ether oxygens (including phenoxy) is 1. The highest BCUT2D eigenvalue weighted by Crippen LogP contribution is 2.19. The summed E-state index contributed by atoms with van der Waals surface area (Å²) in [7, 11) is 1.81. The average Bonchev–Trinajstić information content (AvgIpc) is 3.17. The molecule has 0 unspecified atom stereocenters. The van der Waals surface area contributed by atoms with Gasteiger partial charge in [-0.2, -0.15) is 0 Å². The molecular formula is C25H31N5O3S. The van der Waals surface area contributed by atoms with E-state index in [1.165, 1.54) is 17.3 Å². The molecule has 0 radical (unpaired) electrons. The Kier molecular flexibility index (Phi) is 8.70. The molecule has 180 valence electrons. The van der Waals surface area contributed by atoms with E-state index in [4.69, 9.17) is 4.74 Å². The van der Waals surface area contributed by atoms with Crippen molar-refractivity contribution in [1.82, 2.24) is 20.1 Å². The van der Waals surface area contributed by atoms with Gasteiger partial charge in [-0.25, -0.2) is 0 Å². The number of nitrogens with zero attached hydrogens (tertiary/aromatic N) is 3. The molecule has 3 rings (SSSR count). The number of thioether (sulfide) groups is 1. The normalized spacial score (nSPS) is 11.7. The summed E-state index contributed by atoms with van der Waals surface area (Å²) >= 11 is 1.29. The maximum Gasteiger partial charge on any atom is 0.261 e. The Bertz CT molecular complexity index is 1140. The molecule has 0 fully saturated rings. The van der Waals surface area contributed by atoms with E-state index in [1.807, 2.05) is 56.3 Å². The summed E-state index contributed by atoms with van der Waals surface area (Å²) in [6, 6.07) is 13.6. The fourth-order valence-electron chi connectivity index (χ4n) is 3.27. The summed E-state index contributed by atoms with van der Waals surface area (Å²) in [6.45, 7) is 7.98. The van der Waals surface area contributed by atoms with Gasteiger partial charge in [0.1, 0.15) is 5.75 Å². The molecule has 0 saturated heterocycles. The van der Waals surface area contributed by atoms with Crippen LogP contribution in [0.4, 0.5) is 5.69 Å². The fraction of sp³-hybridized carbons (Fsp3) is 0.360. The Morgan fingerprint density at radius 3 is 2.53 bits per heavy atom. The molecule has 8 nitrogen and oxygen atoms in total. The minimum atomic E-state index is -0.650. The topological polar surface area (TPSA) is 98.1 Å². The minimum absolute atomic E-state index is 0.118. The van der Waals surface area contributed by atoms with Crippen molar-refractivity contribution in [2.75, 3.05) is 11.1 Å². The number of amides is 2. The fourth-order valence-corrected chi connectivity index (χ4v) is 4.00. The van der Waals surface area contributed by atoms with Gasteiger partial charge in [0, 0.05) is 12.7 Å². The number of nitrogens with one attached hydrogen (secondary N) is 2. The Morgan fingerprint density at radius 2 is 1.85 bits per heavy atom. The van der Waals surface area contributed by atoms with E-state index in [9.17, 15) is 9.59 Å². The molecule has 3 aromatic rings. The summed E-state index contributed by atoms with van der Waals surface area (Å²) in [5, 5.41) is 14.6. The van der Waals surface area contributed by atoms with E-state index in [-0.39, 0.29) is 24.1 Å². The highest BCUT2D eigenvalue weighted by atomic mass is 32.2. The van der Waals surface area contributed by atoms with Crippen LogP contribution < -0.4 is 15.4 Å². The lowest BCUT2D eigenvalue weighted by atomic mass is 10.1. The molecule has 0 spiro atoms. The third-order valence-corrected chi connectivity index (χ3v) is 6.37. The summed E-state index contributed by atoms with van der Waals surface area (Å²) in [5.74, 6) is 1.08. The molecule has 2 amide bonds. The molecule has 1 aromatic heterocycles. The van der Waals surface area contributed by atoms with Crippen molar-refractivity contribution >= 4 is 29.3 Å². The molecule has 0 bridgehead atoms. The first-order valence-electron chi connectivity index (χ1n) is 11.2. The van der Waals surface area contributed by atoms with Crippen molar-refractivity contribution in [1.29, 1.82) is 0 Å².